The molecule has 25 heavy (non-hydrogen) atoms. The standard InChI is InChI=1S/C21H27NO3.H2/c1-14(2)4-9-19(23)22-18-7-5-16(6-8-18)12-21-11-15(3)10-17(21)13-25-20(21)24;/h5-8,14,17H,3-4,9-13H2,1-2H3,(H,22,23);1H. The number of fused-ring (bicyclic) bond motifs is 1. The maximum absolute atomic E-state index is 12.3. The maximum atomic E-state index is 12.3. The monoisotopic (exact) mass is 343 g/mol. The van der Waals surface area contributed by atoms with Gasteiger partial charge < -0.3 is 10.1 Å². The van der Waals surface area contributed by atoms with E-state index < -0.39 is 5.41 Å². The van der Waals surface area contributed by atoms with Crippen LogP contribution in [-0.4, -0.2) is 18.5 Å². The molecule has 136 valence electrons. The van der Waals surface area contributed by atoms with E-state index in [0.29, 0.717) is 25.4 Å². The number of anilines is 1. The third kappa shape index (κ3) is 3.78. The molecular formula is C21H29NO3. The van der Waals surface area contributed by atoms with Crippen molar-refractivity contribution in [1.29, 1.82) is 0 Å². The Hall–Kier alpha value is -2.10. The van der Waals surface area contributed by atoms with Crippen LogP contribution in [0.25, 0.3) is 0 Å². The van der Waals surface area contributed by atoms with Crippen molar-refractivity contribution in [1.82, 2.24) is 0 Å². The fraction of sp³-hybridized carbons (Fsp3) is 0.524. The van der Waals surface area contributed by atoms with Crippen LogP contribution in [-0.2, 0) is 20.7 Å². The number of carbonyl (C=O) groups is 2. The first-order chi connectivity index (χ1) is 11.9. The summed E-state index contributed by atoms with van der Waals surface area (Å²) in [6.07, 6.45) is 3.72. The van der Waals surface area contributed by atoms with Gasteiger partial charge in [-0.2, -0.15) is 0 Å². The van der Waals surface area contributed by atoms with Crippen molar-refractivity contribution >= 4 is 17.6 Å². The highest BCUT2D eigenvalue weighted by atomic mass is 16.5. The first-order valence-electron chi connectivity index (χ1n) is 9.12. The Morgan fingerprint density at radius 3 is 2.80 bits per heavy atom. The Labute approximate surface area is 151 Å². The first-order valence-corrected chi connectivity index (χ1v) is 9.12. The van der Waals surface area contributed by atoms with E-state index in [0.717, 1.165) is 36.1 Å². The van der Waals surface area contributed by atoms with Gasteiger partial charge in [-0.05, 0) is 49.3 Å². The van der Waals surface area contributed by atoms with E-state index in [1.165, 1.54) is 0 Å². The van der Waals surface area contributed by atoms with Gasteiger partial charge >= 0.3 is 5.97 Å². The molecule has 1 amide bonds. The number of nitrogens with one attached hydrogen (secondary N) is 1. The van der Waals surface area contributed by atoms with Gasteiger partial charge in [0.1, 0.15) is 0 Å². The molecular weight excluding hydrogens is 314 g/mol. The van der Waals surface area contributed by atoms with Crippen molar-refractivity contribution in [2.24, 2.45) is 17.3 Å². The summed E-state index contributed by atoms with van der Waals surface area (Å²) in [4.78, 5) is 24.3. The highest BCUT2D eigenvalue weighted by molar-refractivity contribution is 5.90. The molecule has 1 aliphatic heterocycles. The molecule has 1 heterocycles. The maximum Gasteiger partial charge on any atom is 0.313 e. The minimum absolute atomic E-state index is 0. The molecule has 1 aromatic rings. The van der Waals surface area contributed by atoms with E-state index in [2.05, 4.69) is 25.7 Å². The summed E-state index contributed by atoms with van der Waals surface area (Å²) in [6.45, 7) is 8.82. The molecule has 4 heteroatoms. The Bertz CT molecular complexity index is 683. The Morgan fingerprint density at radius 1 is 1.40 bits per heavy atom. The van der Waals surface area contributed by atoms with Gasteiger partial charge in [0, 0.05) is 19.5 Å². The number of cyclic esters (lactones) is 1. The molecule has 1 aliphatic carbocycles. The molecule has 2 atom stereocenters. The van der Waals surface area contributed by atoms with E-state index >= 15 is 0 Å². The van der Waals surface area contributed by atoms with Crippen LogP contribution in [0.15, 0.2) is 36.4 Å². The van der Waals surface area contributed by atoms with Crippen LogP contribution in [0.3, 0.4) is 0 Å². The van der Waals surface area contributed by atoms with Crippen LogP contribution in [0, 0.1) is 17.3 Å². The van der Waals surface area contributed by atoms with E-state index in [4.69, 9.17) is 4.74 Å². The molecule has 3 rings (SSSR count). The number of allylic oxidation sites excluding steroid dienone is 1. The second kappa shape index (κ2) is 7.03. The molecule has 1 N–H and O–H groups in total. The Kier molecular flexibility index (Phi) is 4.98. The van der Waals surface area contributed by atoms with Crippen molar-refractivity contribution < 1.29 is 15.8 Å². The van der Waals surface area contributed by atoms with Gasteiger partial charge in [0.2, 0.25) is 5.91 Å². The molecule has 1 saturated heterocycles. The summed E-state index contributed by atoms with van der Waals surface area (Å²) in [6, 6.07) is 7.82. The number of hydrogen-bond donors (Lipinski definition) is 1. The van der Waals surface area contributed by atoms with Crippen molar-refractivity contribution in [2.75, 3.05) is 11.9 Å². The van der Waals surface area contributed by atoms with Gasteiger partial charge in [-0.3, -0.25) is 9.59 Å². The fourth-order valence-corrected chi connectivity index (χ4v) is 3.98. The summed E-state index contributed by atoms with van der Waals surface area (Å²) in [5, 5.41) is 2.93. The minimum Gasteiger partial charge on any atom is -0.465 e. The fourth-order valence-electron chi connectivity index (χ4n) is 3.98. The summed E-state index contributed by atoms with van der Waals surface area (Å²) in [5.74, 6) is 0.740. The lowest BCUT2D eigenvalue weighted by Gasteiger charge is -2.24. The second-order valence-corrected chi connectivity index (χ2v) is 7.94. The van der Waals surface area contributed by atoms with Crippen molar-refractivity contribution in [2.45, 2.75) is 46.0 Å². The molecule has 0 radical (unpaired) electrons. The van der Waals surface area contributed by atoms with Crippen molar-refractivity contribution in [3.63, 3.8) is 0 Å². The van der Waals surface area contributed by atoms with Crippen molar-refractivity contribution in [3.8, 4) is 0 Å². The molecule has 4 nitrogen and oxygen atoms in total. The van der Waals surface area contributed by atoms with E-state index in [1.54, 1.807) is 0 Å². The lowest BCUT2D eigenvalue weighted by molar-refractivity contribution is -0.146. The van der Waals surface area contributed by atoms with Crippen molar-refractivity contribution in [3.05, 3.63) is 42.0 Å². The SMILES string of the molecule is C=C1CC2COC(=O)C2(Cc2ccc(NC(=O)CCC(C)C)cc2)C1.[HH]. The smallest absolute Gasteiger partial charge is 0.313 e. The van der Waals surface area contributed by atoms with Crippen LogP contribution in [0.5, 0.6) is 0 Å². The number of amides is 1. The normalized spacial score (nSPS) is 25.2. The number of hydrogen-bond acceptors (Lipinski definition) is 3. The summed E-state index contributed by atoms with van der Waals surface area (Å²) < 4.78 is 5.33. The van der Waals surface area contributed by atoms with Crippen LogP contribution < -0.4 is 5.32 Å². The Morgan fingerprint density at radius 2 is 2.12 bits per heavy atom. The molecule has 1 saturated carbocycles. The first kappa shape index (κ1) is 17.7. The van der Waals surface area contributed by atoms with E-state index in [-0.39, 0.29) is 19.2 Å². The average Bonchev–Trinajstić information content (AvgIpc) is 3.02. The molecule has 2 unspecified atom stereocenters. The highest BCUT2D eigenvalue weighted by Crippen LogP contribution is 2.52. The molecule has 2 fully saturated rings. The number of ether oxygens (including phenoxy) is 1. The van der Waals surface area contributed by atoms with Gasteiger partial charge in [-0.25, -0.2) is 0 Å². The molecule has 2 aliphatic rings. The number of rotatable bonds is 6. The van der Waals surface area contributed by atoms with Gasteiger partial charge in [0.25, 0.3) is 0 Å². The highest BCUT2D eigenvalue weighted by Gasteiger charge is 2.55. The largest absolute Gasteiger partial charge is 0.465 e. The minimum atomic E-state index is -0.431. The average molecular weight is 343 g/mol. The van der Waals surface area contributed by atoms with Crippen LogP contribution in [0.2, 0.25) is 0 Å². The number of benzene rings is 1. The van der Waals surface area contributed by atoms with Crippen LogP contribution >= 0.6 is 0 Å². The third-order valence-corrected chi connectivity index (χ3v) is 5.41. The van der Waals surface area contributed by atoms with Gasteiger partial charge in [-0.15, -0.1) is 0 Å². The summed E-state index contributed by atoms with van der Waals surface area (Å²) in [5.41, 5.74) is 2.62. The van der Waals surface area contributed by atoms with Gasteiger partial charge in [0.15, 0.2) is 0 Å². The predicted molar refractivity (Wildman–Crippen MR) is 100 cm³/mol. The van der Waals surface area contributed by atoms with Crippen LogP contribution in [0.4, 0.5) is 5.69 Å². The van der Waals surface area contributed by atoms with Gasteiger partial charge in [0.05, 0.1) is 12.0 Å². The Balaban J connectivity index is 0.00000243. The number of esters is 1. The quantitative estimate of drug-likeness (QED) is 0.617. The van der Waals surface area contributed by atoms with E-state index in [1.807, 2.05) is 24.3 Å². The van der Waals surface area contributed by atoms with Crippen LogP contribution in [0.1, 0.15) is 46.5 Å². The summed E-state index contributed by atoms with van der Waals surface area (Å²) in [7, 11) is 0. The topological polar surface area (TPSA) is 55.4 Å². The van der Waals surface area contributed by atoms with Gasteiger partial charge in [-0.1, -0.05) is 38.1 Å². The van der Waals surface area contributed by atoms with E-state index in [9.17, 15) is 9.59 Å². The molecule has 0 bridgehead atoms. The zero-order valence-electron chi connectivity index (χ0n) is 15.1. The number of carbonyl (C=O) groups excluding carboxylic acids is 2. The summed E-state index contributed by atoms with van der Waals surface area (Å²) >= 11 is 0. The predicted octanol–water partition coefficient (Wildman–Crippen LogP) is 4.36. The lowest BCUT2D eigenvalue weighted by atomic mass is 9.75. The second-order valence-electron chi connectivity index (χ2n) is 7.94. The molecule has 0 spiro atoms. The molecule has 1 aromatic carbocycles. The lowest BCUT2D eigenvalue weighted by Crippen LogP contribution is -2.31. The zero-order chi connectivity index (χ0) is 18.0. The zero-order valence-corrected chi connectivity index (χ0v) is 15.1. The molecule has 0 aromatic heterocycles. The third-order valence-electron chi connectivity index (χ3n) is 5.41.